The van der Waals surface area contributed by atoms with E-state index < -0.39 is 24.3 Å². The number of benzene rings is 2. The van der Waals surface area contributed by atoms with Crippen LogP contribution in [0.15, 0.2) is 42.5 Å². The molecule has 0 aliphatic carbocycles. The van der Waals surface area contributed by atoms with E-state index in [1.807, 2.05) is 13.8 Å². The molecule has 1 N–H and O–H groups in total. The fourth-order valence-electron chi connectivity index (χ4n) is 3.14. The third kappa shape index (κ3) is 4.35. The maximum absolute atomic E-state index is 13.0. The van der Waals surface area contributed by atoms with Crippen LogP contribution in [0.25, 0.3) is 11.6 Å². The number of carbonyl (C=O) groups excluding carboxylic acids is 2. The molecule has 2 aromatic rings. The number of carboxylic acids is 1. The van der Waals surface area contributed by atoms with Gasteiger partial charge in [0.25, 0.3) is 11.8 Å². The Labute approximate surface area is 174 Å². The van der Waals surface area contributed by atoms with Gasteiger partial charge in [0.2, 0.25) is 0 Å². The van der Waals surface area contributed by atoms with Gasteiger partial charge < -0.3 is 14.6 Å². The largest absolute Gasteiger partial charge is 0.493 e. The molecule has 1 aliphatic rings. The molecular weight excluding hydrogens is 386 g/mol. The minimum absolute atomic E-state index is 0.240. The lowest BCUT2D eigenvalue weighted by Gasteiger charge is -2.27. The Morgan fingerprint density at radius 3 is 2.40 bits per heavy atom. The van der Waals surface area contributed by atoms with Crippen molar-refractivity contribution in [3.63, 3.8) is 0 Å². The third-order valence-corrected chi connectivity index (χ3v) is 4.53. The van der Waals surface area contributed by atoms with Gasteiger partial charge >= 0.3 is 5.97 Å². The van der Waals surface area contributed by atoms with E-state index in [9.17, 15) is 14.4 Å². The van der Waals surface area contributed by atoms with Crippen molar-refractivity contribution in [3.05, 3.63) is 59.2 Å². The zero-order valence-corrected chi connectivity index (χ0v) is 17.0. The van der Waals surface area contributed by atoms with Crippen LogP contribution >= 0.6 is 0 Å². The Kier molecular flexibility index (Phi) is 6.20. The highest BCUT2D eigenvalue weighted by Crippen LogP contribution is 2.33. The number of ether oxygens (including phenoxy) is 2. The monoisotopic (exact) mass is 409 g/mol. The number of rotatable bonds is 7. The van der Waals surface area contributed by atoms with Gasteiger partial charge in [-0.05, 0) is 41.3 Å². The number of fused-ring (bicyclic) bond motifs is 1. The average molecular weight is 409 g/mol. The highest BCUT2D eigenvalue weighted by atomic mass is 16.5. The Bertz CT molecular complexity index is 1020. The van der Waals surface area contributed by atoms with Crippen LogP contribution in [0.2, 0.25) is 0 Å². The molecule has 0 atom stereocenters. The fraction of sp³-hybridized carbons (Fsp3) is 0.261. The smallest absolute Gasteiger partial charge is 0.323 e. The van der Waals surface area contributed by atoms with Crippen molar-refractivity contribution in [2.75, 3.05) is 20.3 Å². The van der Waals surface area contributed by atoms with Crippen LogP contribution in [-0.2, 0) is 9.59 Å². The quantitative estimate of drug-likeness (QED) is 0.557. The van der Waals surface area contributed by atoms with Crippen LogP contribution in [0.4, 0.5) is 0 Å². The van der Waals surface area contributed by atoms with E-state index in [1.165, 1.54) is 7.11 Å². The molecule has 0 saturated carbocycles. The molecule has 1 aliphatic heterocycles. The molecule has 0 unspecified atom stereocenters. The van der Waals surface area contributed by atoms with Crippen LogP contribution in [0, 0.1) is 5.92 Å². The van der Waals surface area contributed by atoms with Crippen molar-refractivity contribution in [2.24, 2.45) is 5.92 Å². The van der Waals surface area contributed by atoms with Gasteiger partial charge in [0, 0.05) is 11.1 Å². The van der Waals surface area contributed by atoms with Crippen LogP contribution in [0.5, 0.6) is 11.5 Å². The van der Waals surface area contributed by atoms with Gasteiger partial charge in [-0.2, -0.15) is 0 Å². The molecule has 30 heavy (non-hydrogen) atoms. The topological polar surface area (TPSA) is 93.1 Å². The molecule has 2 amide bonds. The van der Waals surface area contributed by atoms with Crippen molar-refractivity contribution in [3.8, 4) is 11.5 Å². The van der Waals surface area contributed by atoms with Crippen LogP contribution < -0.4 is 9.47 Å². The van der Waals surface area contributed by atoms with E-state index in [0.717, 1.165) is 4.90 Å². The maximum Gasteiger partial charge on any atom is 0.323 e. The lowest BCUT2D eigenvalue weighted by Crippen LogP contribution is -2.44. The minimum atomic E-state index is -1.26. The normalized spacial score (nSPS) is 14.8. The van der Waals surface area contributed by atoms with E-state index in [4.69, 9.17) is 14.6 Å². The Balaban J connectivity index is 2.04. The van der Waals surface area contributed by atoms with Gasteiger partial charge in [-0.1, -0.05) is 38.1 Å². The lowest BCUT2D eigenvalue weighted by atomic mass is 9.92. The zero-order valence-electron chi connectivity index (χ0n) is 17.0. The number of imide groups is 1. The van der Waals surface area contributed by atoms with Crippen molar-refractivity contribution in [1.82, 2.24) is 4.90 Å². The first-order valence-electron chi connectivity index (χ1n) is 9.51. The second-order valence-corrected chi connectivity index (χ2v) is 7.31. The molecule has 0 radical (unpaired) electrons. The summed E-state index contributed by atoms with van der Waals surface area (Å²) >= 11 is 0. The number of hydrogen-bond acceptors (Lipinski definition) is 5. The molecule has 1 heterocycles. The average Bonchev–Trinajstić information content (AvgIpc) is 2.72. The standard InChI is InChI=1S/C23H23NO6/c1-14(2)13-30-19-9-8-15(11-20(19)29-3)10-18-16-6-4-5-7-17(16)22(27)24(23(18)28)12-21(25)26/h4-11,14H,12-13H2,1-3H3,(H,25,26)/b18-10-. The summed E-state index contributed by atoms with van der Waals surface area (Å²) in [7, 11) is 1.53. The van der Waals surface area contributed by atoms with Gasteiger partial charge in [0.15, 0.2) is 11.5 Å². The number of nitrogens with zero attached hydrogens (tertiary/aromatic N) is 1. The third-order valence-electron chi connectivity index (χ3n) is 4.53. The number of methoxy groups -OCH3 is 1. The van der Waals surface area contributed by atoms with Gasteiger partial charge in [-0.3, -0.25) is 19.3 Å². The van der Waals surface area contributed by atoms with Gasteiger partial charge in [0.05, 0.1) is 13.7 Å². The van der Waals surface area contributed by atoms with Crippen molar-refractivity contribution in [2.45, 2.75) is 13.8 Å². The summed E-state index contributed by atoms with van der Waals surface area (Å²) in [5, 5.41) is 9.12. The predicted molar refractivity (Wildman–Crippen MR) is 111 cm³/mol. The molecule has 0 spiro atoms. The predicted octanol–water partition coefficient (Wildman–Crippen LogP) is 3.34. The lowest BCUT2D eigenvalue weighted by molar-refractivity contribution is -0.141. The van der Waals surface area contributed by atoms with E-state index >= 15 is 0 Å². The van der Waals surface area contributed by atoms with Crippen LogP contribution in [0.3, 0.4) is 0 Å². The van der Waals surface area contributed by atoms with Crippen molar-refractivity contribution >= 4 is 29.4 Å². The molecule has 0 aromatic heterocycles. The Morgan fingerprint density at radius 1 is 1.07 bits per heavy atom. The summed E-state index contributed by atoms with van der Waals surface area (Å²) < 4.78 is 11.2. The summed E-state index contributed by atoms with van der Waals surface area (Å²) in [6.45, 7) is 3.92. The first-order chi connectivity index (χ1) is 14.3. The van der Waals surface area contributed by atoms with Crippen molar-refractivity contribution in [1.29, 1.82) is 0 Å². The number of carboxylic acid groups (broad SMARTS) is 1. The number of aliphatic carboxylic acids is 1. The van der Waals surface area contributed by atoms with E-state index in [-0.39, 0.29) is 11.1 Å². The summed E-state index contributed by atoms with van der Waals surface area (Å²) in [5.74, 6) is -1.08. The minimum Gasteiger partial charge on any atom is -0.493 e. The fourth-order valence-corrected chi connectivity index (χ4v) is 3.14. The first kappa shape index (κ1) is 21.1. The van der Waals surface area contributed by atoms with Crippen LogP contribution in [-0.4, -0.2) is 48.1 Å². The highest BCUT2D eigenvalue weighted by Gasteiger charge is 2.35. The van der Waals surface area contributed by atoms with Crippen LogP contribution in [0.1, 0.15) is 35.3 Å². The molecular formula is C23H23NO6. The second-order valence-electron chi connectivity index (χ2n) is 7.31. The molecule has 2 aromatic carbocycles. The number of carbonyl (C=O) groups is 3. The number of hydrogen-bond donors (Lipinski definition) is 1. The summed E-state index contributed by atoms with van der Waals surface area (Å²) in [4.78, 5) is 37.5. The first-order valence-corrected chi connectivity index (χ1v) is 9.51. The zero-order chi connectivity index (χ0) is 21.8. The summed E-state index contributed by atoms with van der Waals surface area (Å²) in [6, 6.07) is 11.9. The van der Waals surface area contributed by atoms with Crippen molar-refractivity contribution < 1.29 is 29.0 Å². The van der Waals surface area contributed by atoms with Gasteiger partial charge in [-0.25, -0.2) is 0 Å². The molecule has 7 nitrogen and oxygen atoms in total. The molecule has 0 bridgehead atoms. The molecule has 156 valence electrons. The number of amides is 2. The molecule has 7 heteroatoms. The summed E-state index contributed by atoms with van der Waals surface area (Å²) in [6.07, 6.45) is 1.62. The van der Waals surface area contributed by atoms with E-state index in [1.54, 1.807) is 48.5 Å². The van der Waals surface area contributed by atoms with Gasteiger partial charge in [0.1, 0.15) is 6.54 Å². The Hall–Kier alpha value is -3.61. The highest BCUT2D eigenvalue weighted by molar-refractivity contribution is 6.34. The SMILES string of the molecule is COc1cc(/C=C2\C(=O)N(CC(=O)O)C(=O)c3ccccc32)ccc1OCC(C)C. The second kappa shape index (κ2) is 8.82. The molecule has 0 saturated heterocycles. The Morgan fingerprint density at radius 2 is 1.77 bits per heavy atom. The summed E-state index contributed by atoms with van der Waals surface area (Å²) in [5.41, 5.74) is 1.65. The maximum atomic E-state index is 13.0. The van der Waals surface area contributed by atoms with E-state index in [2.05, 4.69) is 0 Å². The van der Waals surface area contributed by atoms with E-state index in [0.29, 0.717) is 35.2 Å². The molecule has 3 rings (SSSR count). The molecule has 0 fully saturated rings. The van der Waals surface area contributed by atoms with Gasteiger partial charge in [-0.15, -0.1) is 0 Å².